The number of rotatable bonds is 6. The normalized spacial score (nSPS) is 11.0. The molecule has 0 atom stereocenters. The summed E-state index contributed by atoms with van der Waals surface area (Å²) < 4.78 is 18.1. The van der Waals surface area contributed by atoms with Gasteiger partial charge in [0, 0.05) is 24.0 Å². The minimum Gasteiger partial charge on any atom is -0.339 e. The van der Waals surface area contributed by atoms with Crippen molar-refractivity contribution in [2.75, 3.05) is 5.32 Å². The number of anilines is 1. The fourth-order valence-electron chi connectivity index (χ4n) is 3.10. The van der Waals surface area contributed by atoms with Gasteiger partial charge in [-0.25, -0.2) is 4.39 Å². The highest BCUT2D eigenvalue weighted by molar-refractivity contribution is 5.90. The standard InChI is InChI=1S/C22H19FN4O3/c1-13-5-6-14-12-17(22(29)25-18(14)11-13)21-26-20(30-27-21)4-2-3-19(28)24-16-9-7-15(23)8-10-16/h5-12H,2-4H2,1H3,(H,24,28)(H,25,29). The van der Waals surface area contributed by atoms with Crippen molar-refractivity contribution >= 4 is 22.5 Å². The molecule has 0 fully saturated rings. The number of pyridine rings is 1. The van der Waals surface area contributed by atoms with Crippen LogP contribution in [0, 0.1) is 12.7 Å². The summed E-state index contributed by atoms with van der Waals surface area (Å²) >= 11 is 0. The third-order valence-electron chi connectivity index (χ3n) is 4.63. The molecule has 2 heterocycles. The summed E-state index contributed by atoms with van der Waals surface area (Å²) in [6.45, 7) is 1.96. The molecular formula is C22H19FN4O3. The maximum absolute atomic E-state index is 12.9. The topological polar surface area (TPSA) is 101 Å². The smallest absolute Gasteiger partial charge is 0.259 e. The second-order valence-electron chi connectivity index (χ2n) is 7.02. The summed E-state index contributed by atoms with van der Waals surface area (Å²) in [5, 5.41) is 7.47. The second kappa shape index (κ2) is 8.28. The van der Waals surface area contributed by atoms with Crippen LogP contribution in [0.2, 0.25) is 0 Å². The van der Waals surface area contributed by atoms with Crippen LogP contribution in [0.3, 0.4) is 0 Å². The van der Waals surface area contributed by atoms with Crippen molar-refractivity contribution in [3.63, 3.8) is 0 Å². The van der Waals surface area contributed by atoms with Crippen LogP contribution < -0.4 is 10.9 Å². The van der Waals surface area contributed by atoms with E-state index in [1.165, 1.54) is 24.3 Å². The van der Waals surface area contributed by atoms with E-state index in [9.17, 15) is 14.0 Å². The highest BCUT2D eigenvalue weighted by Gasteiger charge is 2.14. The van der Waals surface area contributed by atoms with E-state index in [1.54, 1.807) is 6.07 Å². The molecule has 0 aliphatic heterocycles. The number of aromatic nitrogens is 3. The number of nitrogens with one attached hydrogen (secondary N) is 2. The molecule has 7 nitrogen and oxygen atoms in total. The van der Waals surface area contributed by atoms with E-state index in [0.29, 0.717) is 30.0 Å². The predicted octanol–water partition coefficient (Wildman–Crippen LogP) is 3.99. The molecule has 8 heteroatoms. The first-order valence-electron chi connectivity index (χ1n) is 9.50. The van der Waals surface area contributed by atoms with Crippen molar-refractivity contribution in [3.05, 3.63) is 76.2 Å². The molecule has 152 valence electrons. The number of benzene rings is 2. The van der Waals surface area contributed by atoms with Crippen molar-refractivity contribution in [1.29, 1.82) is 0 Å². The molecule has 0 saturated heterocycles. The third-order valence-corrected chi connectivity index (χ3v) is 4.63. The van der Waals surface area contributed by atoms with Crippen molar-refractivity contribution in [2.24, 2.45) is 0 Å². The number of amides is 1. The Kier molecular flexibility index (Phi) is 5.38. The molecule has 30 heavy (non-hydrogen) atoms. The van der Waals surface area contributed by atoms with Crippen LogP contribution in [0.5, 0.6) is 0 Å². The van der Waals surface area contributed by atoms with Crippen molar-refractivity contribution in [2.45, 2.75) is 26.2 Å². The molecule has 0 spiro atoms. The van der Waals surface area contributed by atoms with Gasteiger partial charge in [0.2, 0.25) is 17.6 Å². The largest absolute Gasteiger partial charge is 0.339 e. The molecule has 1 amide bonds. The van der Waals surface area contributed by atoms with E-state index >= 15 is 0 Å². The summed E-state index contributed by atoms with van der Waals surface area (Å²) in [6, 6.07) is 13.1. The van der Waals surface area contributed by atoms with Gasteiger partial charge in [0.25, 0.3) is 5.56 Å². The molecular weight excluding hydrogens is 387 g/mol. The van der Waals surface area contributed by atoms with Gasteiger partial charge in [-0.3, -0.25) is 9.59 Å². The first-order chi connectivity index (χ1) is 14.5. The number of hydrogen-bond donors (Lipinski definition) is 2. The highest BCUT2D eigenvalue weighted by atomic mass is 19.1. The summed E-state index contributed by atoms with van der Waals surface area (Å²) in [4.78, 5) is 31.5. The molecule has 2 aromatic carbocycles. The van der Waals surface area contributed by atoms with E-state index in [4.69, 9.17) is 4.52 Å². The SMILES string of the molecule is Cc1ccc2cc(-c3noc(CCCC(=O)Nc4ccc(F)cc4)n3)c(=O)[nH]c2c1. The molecule has 0 radical (unpaired) electrons. The van der Waals surface area contributed by atoms with Crippen LogP contribution in [0.25, 0.3) is 22.3 Å². The molecule has 0 unspecified atom stereocenters. The molecule has 4 rings (SSSR count). The van der Waals surface area contributed by atoms with Crippen molar-refractivity contribution in [3.8, 4) is 11.4 Å². The number of aromatic amines is 1. The number of halogens is 1. The predicted molar refractivity (Wildman–Crippen MR) is 111 cm³/mol. The zero-order valence-electron chi connectivity index (χ0n) is 16.2. The summed E-state index contributed by atoms with van der Waals surface area (Å²) in [5.74, 6) is 0.00986. The van der Waals surface area contributed by atoms with Crippen molar-refractivity contribution in [1.82, 2.24) is 15.1 Å². The minimum absolute atomic E-state index is 0.192. The number of hydrogen-bond acceptors (Lipinski definition) is 5. The molecule has 0 aliphatic carbocycles. The van der Waals surface area contributed by atoms with Crippen LogP contribution in [0.4, 0.5) is 10.1 Å². The molecule has 0 aliphatic rings. The average molecular weight is 406 g/mol. The number of carbonyl (C=O) groups excluding carboxylic acids is 1. The Bertz CT molecular complexity index is 1260. The van der Waals surface area contributed by atoms with Crippen LogP contribution in [0.15, 0.2) is 57.8 Å². The van der Waals surface area contributed by atoms with Gasteiger partial charge in [0.05, 0.1) is 5.56 Å². The maximum atomic E-state index is 12.9. The van der Waals surface area contributed by atoms with E-state index < -0.39 is 0 Å². The Labute approximate surface area is 170 Å². The van der Waals surface area contributed by atoms with Gasteiger partial charge in [-0.05, 0) is 60.7 Å². The Morgan fingerprint density at radius 3 is 2.77 bits per heavy atom. The van der Waals surface area contributed by atoms with Gasteiger partial charge < -0.3 is 14.8 Å². The van der Waals surface area contributed by atoms with E-state index in [-0.39, 0.29) is 29.5 Å². The zero-order chi connectivity index (χ0) is 21.1. The first-order valence-corrected chi connectivity index (χ1v) is 9.50. The lowest BCUT2D eigenvalue weighted by molar-refractivity contribution is -0.116. The molecule has 0 saturated carbocycles. The number of fused-ring (bicyclic) bond motifs is 1. The number of aryl methyl sites for hydroxylation is 2. The van der Waals surface area contributed by atoms with Gasteiger partial charge in [0.15, 0.2) is 0 Å². The second-order valence-corrected chi connectivity index (χ2v) is 7.02. The van der Waals surface area contributed by atoms with Crippen molar-refractivity contribution < 1.29 is 13.7 Å². The molecule has 2 aromatic heterocycles. The summed E-state index contributed by atoms with van der Waals surface area (Å²) in [6.07, 6.45) is 1.13. The average Bonchev–Trinajstić information content (AvgIpc) is 3.18. The quantitative estimate of drug-likeness (QED) is 0.504. The van der Waals surface area contributed by atoms with Crippen LogP contribution in [0.1, 0.15) is 24.3 Å². The fraction of sp³-hybridized carbons (Fsp3) is 0.182. The monoisotopic (exact) mass is 406 g/mol. The van der Waals surface area contributed by atoms with E-state index in [2.05, 4.69) is 20.4 Å². The lowest BCUT2D eigenvalue weighted by Crippen LogP contribution is -2.11. The maximum Gasteiger partial charge on any atom is 0.259 e. The van der Waals surface area contributed by atoms with Gasteiger partial charge in [-0.1, -0.05) is 17.3 Å². The van der Waals surface area contributed by atoms with Gasteiger partial charge >= 0.3 is 0 Å². The Hall–Kier alpha value is -3.81. The van der Waals surface area contributed by atoms with Crippen LogP contribution >= 0.6 is 0 Å². The fourth-order valence-corrected chi connectivity index (χ4v) is 3.10. The minimum atomic E-state index is -0.361. The molecule has 0 bridgehead atoms. The lowest BCUT2D eigenvalue weighted by atomic mass is 10.1. The number of carbonyl (C=O) groups is 1. The van der Waals surface area contributed by atoms with Crippen LogP contribution in [-0.2, 0) is 11.2 Å². The van der Waals surface area contributed by atoms with Gasteiger partial charge in [-0.2, -0.15) is 4.98 Å². The number of H-pyrrole nitrogens is 1. The lowest BCUT2D eigenvalue weighted by Gasteiger charge is -2.04. The van der Waals surface area contributed by atoms with E-state index in [0.717, 1.165) is 16.5 Å². The summed E-state index contributed by atoms with van der Waals surface area (Å²) in [5.41, 5.74) is 2.37. The van der Waals surface area contributed by atoms with Crippen LogP contribution in [-0.4, -0.2) is 21.0 Å². The van der Waals surface area contributed by atoms with Gasteiger partial charge in [0.1, 0.15) is 5.82 Å². The zero-order valence-corrected chi connectivity index (χ0v) is 16.2. The molecule has 2 N–H and O–H groups in total. The number of nitrogens with zero attached hydrogens (tertiary/aromatic N) is 2. The Morgan fingerprint density at radius 1 is 1.17 bits per heavy atom. The summed E-state index contributed by atoms with van der Waals surface area (Å²) in [7, 11) is 0. The van der Waals surface area contributed by atoms with Gasteiger partial charge in [-0.15, -0.1) is 0 Å². The molecule has 4 aromatic rings. The Morgan fingerprint density at radius 2 is 1.97 bits per heavy atom. The first kappa shape index (κ1) is 19.5. The Balaban J connectivity index is 1.38. The highest BCUT2D eigenvalue weighted by Crippen LogP contribution is 2.19. The van der Waals surface area contributed by atoms with E-state index in [1.807, 2.05) is 25.1 Å². The third kappa shape index (κ3) is 4.43.